The lowest BCUT2D eigenvalue weighted by Crippen LogP contribution is -2.18. The molecule has 0 bridgehead atoms. The summed E-state index contributed by atoms with van der Waals surface area (Å²) in [6.07, 6.45) is 3.24. The number of nitrogens with zero attached hydrogens (tertiary/aromatic N) is 2. The van der Waals surface area contributed by atoms with Crippen LogP contribution in [-0.4, -0.2) is 27.7 Å². The van der Waals surface area contributed by atoms with E-state index in [0.29, 0.717) is 43.1 Å². The Bertz CT molecular complexity index is 1520. The van der Waals surface area contributed by atoms with Gasteiger partial charge in [0.1, 0.15) is 5.69 Å². The van der Waals surface area contributed by atoms with Crippen molar-refractivity contribution < 1.29 is 9.13 Å². The summed E-state index contributed by atoms with van der Waals surface area (Å²) in [7, 11) is 0. The maximum absolute atomic E-state index is 14.6. The van der Waals surface area contributed by atoms with Crippen LogP contribution in [0.2, 0.25) is 0 Å². The second kappa shape index (κ2) is 10.8. The molecule has 0 unspecified atom stereocenters. The Balaban J connectivity index is 1.52. The van der Waals surface area contributed by atoms with Crippen LogP contribution < -0.4 is 16.0 Å². The Morgan fingerprint density at radius 2 is 1.78 bits per heavy atom. The van der Waals surface area contributed by atoms with E-state index in [2.05, 4.69) is 4.98 Å². The third-order valence-corrected chi connectivity index (χ3v) is 6.31. The molecule has 0 spiro atoms. The molecule has 0 saturated carbocycles. The van der Waals surface area contributed by atoms with Crippen LogP contribution in [0, 0.1) is 12.7 Å². The molecular weight excluding hydrogens is 467 g/mol. The zero-order chi connectivity index (χ0) is 25.8. The smallest absolute Gasteiger partial charge is 0.278 e. The van der Waals surface area contributed by atoms with Crippen molar-refractivity contribution in [2.75, 3.05) is 13.2 Å². The Hall–Kier alpha value is -4.23. The Labute approximate surface area is 214 Å². The summed E-state index contributed by atoms with van der Waals surface area (Å²) >= 11 is 0. The maximum atomic E-state index is 14.6. The van der Waals surface area contributed by atoms with Crippen molar-refractivity contribution in [3.05, 3.63) is 123 Å². The van der Waals surface area contributed by atoms with E-state index in [1.807, 2.05) is 61.5 Å². The first kappa shape index (κ1) is 24.5. The summed E-state index contributed by atoms with van der Waals surface area (Å²) in [6, 6.07) is 22.9. The number of aromatic nitrogens is 3. The summed E-state index contributed by atoms with van der Waals surface area (Å²) in [6.45, 7) is 2.88. The standard InChI is InChI=1S/C30H29FN4O2/c1-20-8-11-23(12-9-20)27-19-35-29(25(33-27)17-21-6-3-2-4-7-21)34-26(30(35)36)18-22-10-13-28(24(31)16-22)37-15-5-14-32/h2-4,6-13,16,19,33H,5,14-15,17-18,32H2,1H3. The van der Waals surface area contributed by atoms with Gasteiger partial charge in [0.15, 0.2) is 17.4 Å². The number of ether oxygens (including phenoxy) is 1. The summed E-state index contributed by atoms with van der Waals surface area (Å²) in [5.41, 5.74) is 11.2. The highest BCUT2D eigenvalue weighted by Gasteiger charge is 2.21. The minimum Gasteiger partial charge on any atom is -0.490 e. The number of H-pyrrole nitrogens is 1. The number of hydrogen-bond donors (Lipinski definition) is 2. The second-order valence-electron chi connectivity index (χ2n) is 9.16. The fourth-order valence-corrected chi connectivity index (χ4v) is 4.33. The molecule has 0 amide bonds. The van der Waals surface area contributed by atoms with E-state index in [9.17, 15) is 9.18 Å². The van der Waals surface area contributed by atoms with Crippen LogP contribution in [0.1, 0.15) is 34.5 Å². The van der Waals surface area contributed by atoms with E-state index < -0.39 is 5.82 Å². The number of aromatic amines is 1. The molecule has 37 heavy (non-hydrogen) atoms. The van der Waals surface area contributed by atoms with Gasteiger partial charge in [-0.1, -0.05) is 66.2 Å². The minimum absolute atomic E-state index is 0.178. The van der Waals surface area contributed by atoms with Gasteiger partial charge in [-0.05, 0) is 48.7 Å². The molecule has 0 atom stereocenters. The van der Waals surface area contributed by atoms with Crippen molar-refractivity contribution in [3.63, 3.8) is 0 Å². The van der Waals surface area contributed by atoms with Crippen LogP contribution in [-0.2, 0) is 12.8 Å². The van der Waals surface area contributed by atoms with E-state index in [0.717, 1.165) is 28.1 Å². The van der Waals surface area contributed by atoms with Gasteiger partial charge in [-0.2, -0.15) is 0 Å². The summed E-state index contributed by atoms with van der Waals surface area (Å²) in [5, 5.41) is 0. The van der Waals surface area contributed by atoms with Crippen molar-refractivity contribution in [2.45, 2.75) is 26.2 Å². The van der Waals surface area contributed by atoms with Gasteiger partial charge in [0.05, 0.1) is 18.0 Å². The summed E-state index contributed by atoms with van der Waals surface area (Å²) in [4.78, 5) is 21.7. The third-order valence-electron chi connectivity index (χ3n) is 6.31. The predicted molar refractivity (Wildman–Crippen MR) is 143 cm³/mol. The molecule has 0 radical (unpaired) electrons. The van der Waals surface area contributed by atoms with Gasteiger partial charge in [0.2, 0.25) is 0 Å². The second-order valence-corrected chi connectivity index (χ2v) is 9.16. The van der Waals surface area contributed by atoms with E-state index >= 15 is 0 Å². The van der Waals surface area contributed by atoms with Gasteiger partial charge in [-0.3, -0.25) is 9.36 Å². The average molecular weight is 497 g/mol. The number of nitrogens with two attached hydrogens (primary N) is 1. The molecule has 3 N–H and O–H groups in total. The molecule has 0 aliphatic carbocycles. The molecule has 2 aliphatic rings. The Kier molecular flexibility index (Phi) is 7.14. The van der Waals surface area contributed by atoms with Crippen LogP contribution in [0.4, 0.5) is 4.39 Å². The molecule has 2 aliphatic heterocycles. The van der Waals surface area contributed by atoms with Gasteiger partial charge in [-0.25, -0.2) is 9.37 Å². The van der Waals surface area contributed by atoms with E-state index in [4.69, 9.17) is 15.5 Å². The number of imidazole rings is 1. The summed E-state index contributed by atoms with van der Waals surface area (Å²) in [5.74, 6) is 0.282. The highest BCUT2D eigenvalue weighted by molar-refractivity contribution is 5.60. The first-order valence-electron chi connectivity index (χ1n) is 12.4. The quantitative estimate of drug-likeness (QED) is 0.281. The predicted octanol–water partition coefficient (Wildman–Crippen LogP) is 5.02. The van der Waals surface area contributed by atoms with E-state index in [1.165, 1.54) is 6.07 Å². The van der Waals surface area contributed by atoms with Crippen molar-refractivity contribution >= 4 is 0 Å². The molecule has 6 nitrogen and oxygen atoms in total. The minimum atomic E-state index is -0.467. The average Bonchev–Trinajstić information content (AvgIpc) is 3.22. The molecule has 3 aromatic carbocycles. The number of nitrogens with one attached hydrogen (secondary N) is 1. The van der Waals surface area contributed by atoms with Gasteiger partial charge >= 0.3 is 0 Å². The molecule has 0 saturated heterocycles. The van der Waals surface area contributed by atoms with Gasteiger partial charge in [-0.15, -0.1) is 0 Å². The van der Waals surface area contributed by atoms with E-state index in [1.54, 1.807) is 22.9 Å². The molecular formula is C30H29FN4O2. The van der Waals surface area contributed by atoms with Crippen molar-refractivity contribution in [3.8, 4) is 22.8 Å². The SMILES string of the molecule is Cc1ccc(-c2cn3c(=O)c(Cc4ccc(OCCCN)c(F)c4)nc-3c(Cc3ccccc3)[nH]2)cc1. The zero-order valence-electron chi connectivity index (χ0n) is 20.7. The molecule has 3 aromatic rings. The number of benzene rings is 3. The molecule has 5 rings (SSSR count). The Morgan fingerprint density at radius 1 is 1.00 bits per heavy atom. The normalized spacial score (nSPS) is 11.2. The largest absolute Gasteiger partial charge is 0.490 e. The monoisotopic (exact) mass is 496 g/mol. The lowest BCUT2D eigenvalue weighted by molar-refractivity contribution is 0.297. The van der Waals surface area contributed by atoms with Crippen molar-refractivity contribution in [2.24, 2.45) is 5.73 Å². The highest BCUT2D eigenvalue weighted by Crippen LogP contribution is 2.25. The lowest BCUT2D eigenvalue weighted by Gasteiger charge is -2.13. The molecule has 2 heterocycles. The number of aryl methyl sites for hydroxylation is 1. The van der Waals surface area contributed by atoms with E-state index in [-0.39, 0.29) is 17.7 Å². The molecule has 7 heteroatoms. The Morgan fingerprint density at radius 3 is 2.51 bits per heavy atom. The van der Waals surface area contributed by atoms with Gasteiger partial charge < -0.3 is 15.5 Å². The number of fused-ring (bicyclic) bond motifs is 1. The highest BCUT2D eigenvalue weighted by atomic mass is 19.1. The maximum Gasteiger partial charge on any atom is 0.278 e. The lowest BCUT2D eigenvalue weighted by atomic mass is 10.1. The van der Waals surface area contributed by atoms with Gasteiger partial charge in [0, 0.05) is 19.0 Å². The van der Waals surface area contributed by atoms with Crippen LogP contribution in [0.25, 0.3) is 17.1 Å². The van der Waals surface area contributed by atoms with Crippen LogP contribution in [0.5, 0.6) is 5.75 Å². The van der Waals surface area contributed by atoms with Crippen molar-refractivity contribution in [1.82, 2.24) is 14.5 Å². The fraction of sp³-hybridized carbons (Fsp3) is 0.200. The van der Waals surface area contributed by atoms with Crippen LogP contribution >= 0.6 is 0 Å². The molecule has 188 valence electrons. The number of rotatable bonds is 9. The summed E-state index contributed by atoms with van der Waals surface area (Å²) < 4.78 is 21.6. The van der Waals surface area contributed by atoms with Gasteiger partial charge in [0.25, 0.3) is 5.56 Å². The van der Waals surface area contributed by atoms with Crippen molar-refractivity contribution in [1.29, 1.82) is 0 Å². The first-order chi connectivity index (χ1) is 18.0. The molecule has 0 aromatic heterocycles. The molecule has 0 fully saturated rings. The van der Waals surface area contributed by atoms with Crippen LogP contribution in [0.15, 0.2) is 83.8 Å². The number of hydrogen-bond acceptors (Lipinski definition) is 4. The first-order valence-corrected chi connectivity index (χ1v) is 12.4. The third kappa shape index (κ3) is 5.47. The zero-order valence-corrected chi connectivity index (χ0v) is 20.7. The fourth-order valence-electron chi connectivity index (χ4n) is 4.33. The van der Waals surface area contributed by atoms with Crippen LogP contribution in [0.3, 0.4) is 0 Å². The topological polar surface area (TPSA) is 85.9 Å². The number of halogens is 1.